The molecule has 0 fully saturated rings. The van der Waals surface area contributed by atoms with Crippen LogP contribution >= 0.6 is 22.9 Å². The predicted molar refractivity (Wildman–Crippen MR) is 114 cm³/mol. The third-order valence-corrected chi connectivity index (χ3v) is 6.88. The Balaban J connectivity index is 1.61. The van der Waals surface area contributed by atoms with Crippen LogP contribution in [0, 0.1) is 6.92 Å². The lowest BCUT2D eigenvalue weighted by atomic mass is 9.92. The summed E-state index contributed by atoms with van der Waals surface area (Å²) < 4.78 is 6.46. The van der Waals surface area contributed by atoms with Crippen molar-refractivity contribution in [1.29, 1.82) is 0 Å². The number of anilines is 1. The van der Waals surface area contributed by atoms with Gasteiger partial charge >= 0.3 is 5.72 Å². The lowest BCUT2D eigenvalue weighted by molar-refractivity contribution is -0.161. The Kier molecular flexibility index (Phi) is 3.44. The van der Waals surface area contributed by atoms with Gasteiger partial charge in [-0.15, -0.1) is 11.3 Å². The average molecular weight is 422 g/mol. The fourth-order valence-corrected chi connectivity index (χ4v) is 5.32. The summed E-state index contributed by atoms with van der Waals surface area (Å²) in [6.07, 6.45) is 0.688. The van der Waals surface area contributed by atoms with Gasteiger partial charge in [0, 0.05) is 17.0 Å². The van der Waals surface area contributed by atoms with Gasteiger partial charge in [-0.05, 0) is 48.7 Å². The summed E-state index contributed by atoms with van der Waals surface area (Å²) in [6.45, 7) is 2.01. The average Bonchev–Trinajstić information content (AvgIpc) is 3.42. The molecule has 0 bridgehead atoms. The van der Waals surface area contributed by atoms with Crippen LogP contribution in [0.15, 0.2) is 59.0 Å². The Morgan fingerprint density at radius 1 is 1.28 bits per heavy atom. The van der Waals surface area contributed by atoms with Crippen LogP contribution in [0.5, 0.6) is 5.75 Å². The standard InChI is InChI=1S/C22H16ClN3O2S/c1-12-4-6-16-15(9-12)22(21(27)24-16)26-18(11-17(25-26)20-3-2-8-29-20)14-10-13(23)5-7-19(14)28-22/h2-10,18H,11H2,1H3,(H,24,27). The van der Waals surface area contributed by atoms with Gasteiger partial charge < -0.3 is 10.1 Å². The number of carbonyl (C=O) groups excluding carboxylic acids is 1. The minimum absolute atomic E-state index is 0.133. The number of benzene rings is 2. The molecular weight excluding hydrogens is 406 g/mol. The number of nitrogens with zero attached hydrogens (tertiary/aromatic N) is 2. The molecule has 1 aromatic heterocycles. The largest absolute Gasteiger partial charge is 0.453 e. The molecule has 2 aromatic carbocycles. The van der Waals surface area contributed by atoms with Gasteiger partial charge in [0.1, 0.15) is 5.75 Å². The number of halogens is 1. The topological polar surface area (TPSA) is 53.9 Å². The minimum Gasteiger partial charge on any atom is -0.453 e. The lowest BCUT2D eigenvalue weighted by Gasteiger charge is -2.44. The van der Waals surface area contributed by atoms with Crippen LogP contribution in [0.2, 0.25) is 5.02 Å². The third-order valence-electron chi connectivity index (χ3n) is 5.72. The number of hydrogen-bond acceptors (Lipinski definition) is 5. The van der Waals surface area contributed by atoms with Crippen molar-refractivity contribution in [2.24, 2.45) is 5.10 Å². The van der Waals surface area contributed by atoms with Crippen LogP contribution in [0.4, 0.5) is 5.69 Å². The molecule has 3 aromatic rings. The summed E-state index contributed by atoms with van der Waals surface area (Å²) in [4.78, 5) is 14.5. The molecule has 0 radical (unpaired) electrons. The van der Waals surface area contributed by atoms with Crippen LogP contribution < -0.4 is 10.1 Å². The van der Waals surface area contributed by atoms with Gasteiger partial charge in [0.15, 0.2) is 0 Å². The first-order chi connectivity index (χ1) is 14.1. The van der Waals surface area contributed by atoms with E-state index in [1.165, 1.54) is 0 Å². The van der Waals surface area contributed by atoms with Crippen LogP contribution in [0.3, 0.4) is 0 Å². The number of carbonyl (C=O) groups is 1. The van der Waals surface area contributed by atoms with E-state index in [2.05, 4.69) is 11.4 Å². The fourth-order valence-electron chi connectivity index (χ4n) is 4.42. The van der Waals surface area contributed by atoms with Crippen molar-refractivity contribution in [3.8, 4) is 5.75 Å². The molecule has 144 valence electrons. The maximum atomic E-state index is 13.4. The number of thiophene rings is 1. The highest BCUT2D eigenvalue weighted by molar-refractivity contribution is 7.12. The SMILES string of the molecule is Cc1ccc2c(c1)C1(Oc3ccc(Cl)cc3C3CC(c4cccs4)=NN31)C(=O)N2. The molecule has 0 saturated carbocycles. The molecule has 29 heavy (non-hydrogen) atoms. The van der Waals surface area contributed by atoms with Gasteiger partial charge in [-0.2, -0.15) is 5.10 Å². The van der Waals surface area contributed by atoms with Crippen molar-refractivity contribution in [1.82, 2.24) is 5.01 Å². The number of amides is 1. The van der Waals surface area contributed by atoms with Gasteiger partial charge in [-0.1, -0.05) is 29.3 Å². The van der Waals surface area contributed by atoms with Crippen molar-refractivity contribution < 1.29 is 9.53 Å². The van der Waals surface area contributed by atoms with Crippen molar-refractivity contribution in [3.05, 3.63) is 80.5 Å². The van der Waals surface area contributed by atoms with Crippen molar-refractivity contribution >= 4 is 40.2 Å². The maximum Gasteiger partial charge on any atom is 0.306 e. The van der Waals surface area contributed by atoms with E-state index in [1.807, 2.05) is 53.7 Å². The number of rotatable bonds is 1. The Labute approximate surface area is 176 Å². The molecule has 5 nitrogen and oxygen atoms in total. The summed E-state index contributed by atoms with van der Waals surface area (Å²) in [6, 6.07) is 15.4. The van der Waals surface area contributed by atoms with Crippen LogP contribution in [0.25, 0.3) is 0 Å². The van der Waals surface area contributed by atoms with Crippen molar-refractivity contribution in [2.75, 3.05) is 5.32 Å². The number of hydrogen-bond donors (Lipinski definition) is 1. The highest BCUT2D eigenvalue weighted by atomic mass is 35.5. The zero-order valence-corrected chi connectivity index (χ0v) is 17.1. The monoisotopic (exact) mass is 421 g/mol. The number of ether oxygens (including phenoxy) is 1. The van der Waals surface area contributed by atoms with Gasteiger partial charge in [0.05, 0.1) is 27.9 Å². The summed E-state index contributed by atoms with van der Waals surface area (Å²) in [5.74, 6) is 0.447. The lowest BCUT2D eigenvalue weighted by Crippen LogP contribution is -2.55. The van der Waals surface area contributed by atoms with Crippen molar-refractivity contribution in [3.63, 3.8) is 0 Å². The van der Waals surface area contributed by atoms with E-state index in [4.69, 9.17) is 21.4 Å². The molecule has 3 aliphatic rings. The number of aryl methyl sites for hydroxylation is 1. The summed E-state index contributed by atoms with van der Waals surface area (Å²) in [5.41, 5.74) is 3.19. The Hall–Kier alpha value is -2.83. The van der Waals surface area contributed by atoms with E-state index in [-0.39, 0.29) is 11.9 Å². The molecule has 6 rings (SSSR count). The van der Waals surface area contributed by atoms with Crippen LogP contribution in [-0.2, 0) is 10.5 Å². The zero-order valence-electron chi connectivity index (χ0n) is 15.5. The normalized spacial score (nSPS) is 23.9. The van der Waals surface area contributed by atoms with E-state index in [0.29, 0.717) is 17.2 Å². The molecule has 1 amide bonds. The summed E-state index contributed by atoms with van der Waals surface area (Å²) in [7, 11) is 0. The second-order valence-corrected chi connectivity index (χ2v) is 8.90. The zero-order chi connectivity index (χ0) is 19.8. The molecule has 7 heteroatoms. The number of nitrogens with one attached hydrogen (secondary N) is 1. The van der Waals surface area contributed by atoms with Crippen LogP contribution in [0.1, 0.15) is 34.0 Å². The van der Waals surface area contributed by atoms with Crippen molar-refractivity contribution in [2.45, 2.75) is 25.1 Å². The molecular formula is C22H16ClN3O2S. The molecule has 1 N–H and O–H groups in total. The number of fused-ring (bicyclic) bond motifs is 6. The second-order valence-electron chi connectivity index (χ2n) is 7.52. The molecule has 1 spiro atoms. The van der Waals surface area contributed by atoms with E-state index in [1.54, 1.807) is 17.4 Å². The molecule has 0 aliphatic carbocycles. The molecule has 4 heterocycles. The first-order valence-corrected chi connectivity index (χ1v) is 10.6. The molecule has 2 unspecified atom stereocenters. The van der Waals surface area contributed by atoms with Crippen LogP contribution in [-0.4, -0.2) is 16.6 Å². The predicted octanol–water partition coefficient (Wildman–Crippen LogP) is 5.06. The Bertz CT molecular complexity index is 1210. The minimum atomic E-state index is -1.33. The highest BCUT2D eigenvalue weighted by Crippen LogP contribution is 2.54. The van der Waals surface area contributed by atoms with Gasteiger partial charge in [-0.25, -0.2) is 5.01 Å². The molecule has 3 aliphatic heterocycles. The third kappa shape index (κ3) is 2.27. The number of hydrazone groups is 1. The van der Waals surface area contributed by atoms with E-state index < -0.39 is 5.72 Å². The summed E-state index contributed by atoms with van der Waals surface area (Å²) >= 11 is 7.94. The fraction of sp³-hybridized carbons (Fsp3) is 0.182. The van der Waals surface area contributed by atoms with E-state index >= 15 is 0 Å². The molecule has 0 saturated heterocycles. The first-order valence-electron chi connectivity index (χ1n) is 9.38. The second kappa shape index (κ2) is 5.84. The van der Waals surface area contributed by atoms with Gasteiger partial charge in [0.25, 0.3) is 5.91 Å². The smallest absolute Gasteiger partial charge is 0.306 e. The van der Waals surface area contributed by atoms with E-state index in [9.17, 15) is 4.79 Å². The summed E-state index contributed by atoms with van der Waals surface area (Å²) in [5, 5.41) is 12.4. The molecule has 2 atom stereocenters. The maximum absolute atomic E-state index is 13.4. The van der Waals surface area contributed by atoms with Gasteiger partial charge in [0.2, 0.25) is 0 Å². The quantitative estimate of drug-likeness (QED) is 0.597. The highest BCUT2D eigenvalue weighted by Gasteiger charge is 2.61. The van der Waals surface area contributed by atoms with E-state index in [0.717, 1.165) is 33.0 Å². The first kappa shape index (κ1) is 17.1. The Morgan fingerprint density at radius 2 is 2.17 bits per heavy atom. The van der Waals surface area contributed by atoms with Gasteiger partial charge in [-0.3, -0.25) is 4.79 Å². The Morgan fingerprint density at radius 3 is 3.00 bits per heavy atom.